The topological polar surface area (TPSA) is 95.1 Å². The number of para-hydroxylation sites is 1. The monoisotopic (exact) mass is 388 g/mol. The Hall–Kier alpha value is -3.13. The van der Waals surface area contributed by atoms with E-state index in [9.17, 15) is 14.9 Å². The van der Waals surface area contributed by atoms with Gasteiger partial charge in [0.25, 0.3) is 11.6 Å². The SMILES string of the molecule is COc1ccc(CC[NH+](C)CC(=O)Nc2c(C)cccc2[N+](=O)[O-])cc1OC. The molecular weight excluding hydrogens is 362 g/mol. The van der Waals surface area contributed by atoms with Crippen molar-refractivity contribution in [2.75, 3.05) is 39.7 Å². The number of aryl methyl sites for hydroxylation is 1. The van der Waals surface area contributed by atoms with E-state index in [1.807, 2.05) is 25.2 Å². The van der Waals surface area contributed by atoms with Gasteiger partial charge < -0.3 is 19.7 Å². The van der Waals surface area contributed by atoms with Crippen LogP contribution >= 0.6 is 0 Å². The molecule has 0 heterocycles. The van der Waals surface area contributed by atoms with Gasteiger partial charge in [-0.25, -0.2) is 0 Å². The molecule has 0 bridgehead atoms. The van der Waals surface area contributed by atoms with Crippen LogP contribution in [0.25, 0.3) is 0 Å². The second kappa shape index (κ2) is 9.70. The third kappa shape index (κ3) is 5.43. The molecule has 0 aliphatic heterocycles. The van der Waals surface area contributed by atoms with Gasteiger partial charge in [0.15, 0.2) is 18.0 Å². The second-order valence-corrected chi connectivity index (χ2v) is 6.60. The van der Waals surface area contributed by atoms with E-state index < -0.39 is 4.92 Å². The average molecular weight is 388 g/mol. The Bertz CT molecular complexity index is 854. The van der Waals surface area contributed by atoms with Crippen molar-refractivity contribution in [2.45, 2.75) is 13.3 Å². The maximum Gasteiger partial charge on any atom is 0.293 e. The summed E-state index contributed by atoms with van der Waals surface area (Å²) in [5, 5.41) is 13.8. The van der Waals surface area contributed by atoms with Crippen molar-refractivity contribution >= 4 is 17.3 Å². The van der Waals surface area contributed by atoms with Crippen molar-refractivity contribution in [2.24, 2.45) is 0 Å². The molecule has 0 aromatic heterocycles. The zero-order chi connectivity index (χ0) is 20.7. The van der Waals surface area contributed by atoms with Crippen LogP contribution in [0.15, 0.2) is 36.4 Å². The van der Waals surface area contributed by atoms with Crippen molar-refractivity contribution in [1.29, 1.82) is 0 Å². The predicted molar refractivity (Wildman–Crippen MR) is 106 cm³/mol. The third-order valence-corrected chi connectivity index (χ3v) is 4.46. The molecule has 0 spiro atoms. The van der Waals surface area contributed by atoms with Gasteiger partial charge in [0, 0.05) is 12.5 Å². The van der Waals surface area contributed by atoms with Crippen LogP contribution in [0.4, 0.5) is 11.4 Å². The number of anilines is 1. The number of nitrogens with zero attached hydrogens (tertiary/aromatic N) is 1. The van der Waals surface area contributed by atoms with Crippen molar-refractivity contribution in [3.05, 3.63) is 57.6 Å². The highest BCUT2D eigenvalue weighted by molar-refractivity contribution is 5.94. The normalized spacial score (nSPS) is 11.6. The van der Waals surface area contributed by atoms with Gasteiger partial charge in [-0.15, -0.1) is 0 Å². The number of amides is 1. The Morgan fingerprint density at radius 1 is 1.18 bits per heavy atom. The van der Waals surface area contributed by atoms with Gasteiger partial charge >= 0.3 is 0 Å². The molecule has 28 heavy (non-hydrogen) atoms. The Morgan fingerprint density at radius 2 is 1.89 bits per heavy atom. The molecule has 1 atom stereocenters. The summed E-state index contributed by atoms with van der Waals surface area (Å²) in [4.78, 5) is 24.0. The quantitative estimate of drug-likeness (QED) is 0.503. The summed E-state index contributed by atoms with van der Waals surface area (Å²) in [6, 6.07) is 10.5. The highest BCUT2D eigenvalue weighted by Gasteiger charge is 2.19. The minimum atomic E-state index is -0.490. The standard InChI is InChI=1S/C20H25N3O5/c1-14-6-5-7-16(23(25)26)20(14)21-19(24)13-22(2)11-10-15-8-9-17(27-3)18(12-15)28-4/h5-9,12H,10-11,13H2,1-4H3,(H,21,24)/p+1. The fourth-order valence-electron chi connectivity index (χ4n) is 2.91. The molecule has 2 aromatic carbocycles. The van der Waals surface area contributed by atoms with E-state index >= 15 is 0 Å². The van der Waals surface area contributed by atoms with Gasteiger partial charge in [0.1, 0.15) is 5.69 Å². The van der Waals surface area contributed by atoms with Crippen LogP contribution in [0.1, 0.15) is 11.1 Å². The van der Waals surface area contributed by atoms with E-state index in [4.69, 9.17) is 9.47 Å². The van der Waals surface area contributed by atoms with E-state index in [-0.39, 0.29) is 23.8 Å². The van der Waals surface area contributed by atoms with Crippen molar-refractivity contribution in [1.82, 2.24) is 0 Å². The number of quaternary nitrogens is 1. The Morgan fingerprint density at radius 3 is 2.54 bits per heavy atom. The van der Waals surface area contributed by atoms with Crippen LogP contribution in [-0.2, 0) is 11.2 Å². The maximum atomic E-state index is 12.4. The molecule has 8 heteroatoms. The predicted octanol–water partition coefficient (Wildman–Crippen LogP) is 1.62. The molecule has 8 nitrogen and oxygen atoms in total. The van der Waals surface area contributed by atoms with E-state index in [0.717, 1.165) is 23.4 Å². The fraction of sp³-hybridized carbons (Fsp3) is 0.350. The first-order valence-electron chi connectivity index (χ1n) is 8.91. The minimum absolute atomic E-state index is 0.101. The van der Waals surface area contributed by atoms with Crippen LogP contribution < -0.4 is 19.7 Å². The highest BCUT2D eigenvalue weighted by atomic mass is 16.6. The average Bonchev–Trinajstić information content (AvgIpc) is 2.67. The number of nitrogens with one attached hydrogen (secondary N) is 2. The first-order chi connectivity index (χ1) is 13.3. The molecule has 2 N–H and O–H groups in total. The Balaban J connectivity index is 1.94. The van der Waals surface area contributed by atoms with Crippen molar-refractivity contribution < 1.29 is 24.1 Å². The summed E-state index contributed by atoms with van der Waals surface area (Å²) in [6.45, 7) is 2.66. The molecule has 0 fully saturated rings. The lowest BCUT2D eigenvalue weighted by Crippen LogP contribution is -3.10. The summed E-state index contributed by atoms with van der Waals surface area (Å²) in [5.74, 6) is 1.08. The zero-order valence-electron chi connectivity index (χ0n) is 16.6. The summed E-state index contributed by atoms with van der Waals surface area (Å²) >= 11 is 0. The number of ether oxygens (including phenoxy) is 2. The lowest BCUT2D eigenvalue weighted by Gasteiger charge is -2.15. The van der Waals surface area contributed by atoms with E-state index in [0.29, 0.717) is 17.1 Å². The Kier molecular flexibility index (Phi) is 7.34. The number of carbonyl (C=O) groups is 1. The molecule has 0 radical (unpaired) electrons. The molecule has 0 saturated heterocycles. The first kappa shape index (κ1) is 21.2. The highest BCUT2D eigenvalue weighted by Crippen LogP contribution is 2.28. The summed E-state index contributed by atoms with van der Waals surface area (Å²) in [5.41, 5.74) is 1.89. The summed E-state index contributed by atoms with van der Waals surface area (Å²) in [6.07, 6.45) is 0.754. The molecule has 0 aliphatic rings. The van der Waals surface area contributed by atoms with Crippen LogP contribution in [0.3, 0.4) is 0 Å². The zero-order valence-corrected chi connectivity index (χ0v) is 16.6. The van der Waals surface area contributed by atoms with Gasteiger partial charge in [0.2, 0.25) is 0 Å². The summed E-state index contributed by atoms with van der Waals surface area (Å²) < 4.78 is 10.5. The number of likely N-dealkylation sites (N-methyl/N-ethyl adjacent to an activating group) is 1. The number of carbonyl (C=O) groups excluding carboxylic acids is 1. The third-order valence-electron chi connectivity index (χ3n) is 4.46. The smallest absolute Gasteiger partial charge is 0.293 e. The minimum Gasteiger partial charge on any atom is -0.493 e. The molecule has 0 aliphatic carbocycles. The van der Waals surface area contributed by atoms with Crippen LogP contribution in [0, 0.1) is 17.0 Å². The van der Waals surface area contributed by atoms with Gasteiger partial charge in [0.05, 0.1) is 32.7 Å². The molecule has 0 saturated carbocycles. The number of nitro groups is 1. The molecular formula is C20H26N3O5+. The van der Waals surface area contributed by atoms with Gasteiger partial charge in [-0.3, -0.25) is 14.9 Å². The number of rotatable bonds is 9. The van der Waals surface area contributed by atoms with Crippen LogP contribution in [0.2, 0.25) is 0 Å². The summed E-state index contributed by atoms with van der Waals surface area (Å²) in [7, 11) is 5.09. The van der Waals surface area contributed by atoms with E-state index in [1.54, 1.807) is 33.3 Å². The van der Waals surface area contributed by atoms with Crippen molar-refractivity contribution in [3.8, 4) is 11.5 Å². The molecule has 2 rings (SSSR count). The van der Waals surface area contributed by atoms with Gasteiger partial charge in [-0.1, -0.05) is 18.2 Å². The van der Waals surface area contributed by atoms with Crippen LogP contribution in [0.5, 0.6) is 11.5 Å². The van der Waals surface area contributed by atoms with Gasteiger partial charge in [-0.2, -0.15) is 0 Å². The molecule has 2 aromatic rings. The molecule has 1 unspecified atom stereocenters. The number of methoxy groups -OCH3 is 2. The maximum absolute atomic E-state index is 12.4. The number of hydrogen-bond donors (Lipinski definition) is 2. The van der Waals surface area contributed by atoms with E-state index in [1.165, 1.54) is 6.07 Å². The lowest BCUT2D eigenvalue weighted by molar-refractivity contribution is -0.870. The number of hydrogen-bond acceptors (Lipinski definition) is 5. The molecule has 150 valence electrons. The van der Waals surface area contributed by atoms with E-state index in [2.05, 4.69) is 5.32 Å². The molecule has 1 amide bonds. The van der Waals surface area contributed by atoms with Gasteiger partial charge in [-0.05, 0) is 30.2 Å². The Labute approximate surface area is 164 Å². The van der Waals surface area contributed by atoms with Crippen LogP contribution in [-0.4, -0.2) is 45.2 Å². The fourth-order valence-corrected chi connectivity index (χ4v) is 2.91. The largest absolute Gasteiger partial charge is 0.493 e. The lowest BCUT2D eigenvalue weighted by atomic mass is 10.1. The number of nitro benzene ring substituents is 1. The first-order valence-corrected chi connectivity index (χ1v) is 8.91. The number of benzene rings is 2. The second-order valence-electron chi connectivity index (χ2n) is 6.60. The van der Waals surface area contributed by atoms with Crippen molar-refractivity contribution in [3.63, 3.8) is 0 Å².